The molecular weight excluding hydrogens is 258 g/mol. The van der Waals surface area contributed by atoms with Gasteiger partial charge in [0, 0.05) is 18.0 Å². The molecule has 106 valence electrons. The van der Waals surface area contributed by atoms with Crippen LogP contribution in [0.2, 0.25) is 0 Å². The van der Waals surface area contributed by atoms with Gasteiger partial charge in [0.25, 0.3) is 0 Å². The van der Waals surface area contributed by atoms with Crippen LogP contribution in [0.25, 0.3) is 11.0 Å². The van der Waals surface area contributed by atoms with Crippen LogP contribution >= 0.6 is 0 Å². The Kier molecular flexibility index (Phi) is 3.46. The second kappa shape index (κ2) is 5.26. The van der Waals surface area contributed by atoms with Crippen LogP contribution < -0.4 is 0 Å². The van der Waals surface area contributed by atoms with Crippen molar-refractivity contribution in [2.75, 3.05) is 13.2 Å². The molecule has 1 aromatic carbocycles. The molecule has 1 aliphatic carbocycles. The van der Waals surface area contributed by atoms with Gasteiger partial charge in [-0.05, 0) is 18.9 Å². The fourth-order valence-corrected chi connectivity index (χ4v) is 2.59. The third-order valence-corrected chi connectivity index (χ3v) is 3.68. The normalized spacial score (nSPS) is 15.1. The molecule has 1 aromatic heterocycles. The first-order valence-electron chi connectivity index (χ1n) is 6.79. The molecule has 0 radical (unpaired) electrons. The second-order valence-corrected chi connectivity index (χ2v) is 5.13. The Bertz CT molecular complexity index is 630. The standard InChI is InChI=1S/C15H17NO4/c17-8-7-16(10-5-6-10)9-13-14(15(18)19)11-3-1-2-4-12(11)20-13/h1-4,10,17H,5-9H2,(H,18,19). The molecule has 20 heavy (non-hydrogen) atoms. The van der Waals surface area contributed by atoms with Crippen LogP contribution in [0.4, 0.5) is 0 Å². The summed E-state index contributed by atoms with van der Waals surface area (Å²) in [5, 5.41) is 19.2. The van der Waals surface area contributed by atoms with Crippen molar-refractivity contribution in [2.24, 2.45) is 0 Å². The molecule has 0 bridgehead atoms. The van der Waals surface area contributed by atoms with Gasteiger partial charge < -0.3 is 14.6 Å². The molecule has 0 amide bonds. The van der Waals surface area contributed by atoms with E-state index in [1.165, 1.54) is 0 Å². The van der Waals surface area contributed by atoms with E-state index >= 15 is 0 Å². The van der Waals surface area contributed by atoms with Crippen molar-refractivity contribution in [1.82, 2.24) is 4.90 Å². The molecule has 0 aliphatic heterocycles. The summed E-state index contributed by atoms with van der Waals surface area (Å²) in [5.74, 6) is -0.497. The van der Waals surface area contributed by atoms with E-state index in [1.54, 1.807) is 18.2 Å². The monoisotopic (exact) mass is 275 g/mol. The molecule has 0 atom stereocenters. The van der Waals surface area contributed by atoms with Crippen LogP contribution in [0, 0.1) is 0 Å². The molecule has 1 saturated carbocycles. The van der Waals surface area contributed by atoms with Crippen LogP contribution in [-0.2, 0) is 6.54 Å². The van der Waals surface area contributed by atoms with Gasteiger partial charge in [-0.15, -0.1) is 0 Å². The number of para-hydroxylation sites is 1. The van der Waals surface area contributed by atoms with Crippen molar-refractivity contribution in [3.8, 4) is 0 Å². The van der Waals surface area contributed by atoms with Gasteiger partial charge in [-0.1, -0.05) is 18.2 Å². The topological polar surface area (TPSA) is 73.9 Å². The minimum atomic E-state index is -0.968. The number of nitrogens with zero attached hydrogens (tertiary/aromatic N) is 1. The number of aromatic carboxylic acids is 1. The first-order valence-corrected chi connectivity index (χ1v) is 6.79. The highest BCUT2D eigenvalue weighted by Crippen LogP contribution is 2.31. The van der Waals surface area contributed by atoms with Gasteiger partial charge in [0.1, 0.15) is 16.9 Å². The van der Waals surface area contributed by atoms with Gasteiger partial charge in [0.2, 0.25) is 0 Å². The van der Waals surface area contributed by atoms with Crippen molar-refractivity contribution in [3.05, 3.63) is 35.6 Å². The van der Waals surface area contributed by atoms with Gasteiger partial charge in [-0.25, -0.2) is 4.79 Å². The van der Waals surface area contributed by atoms with Crippen molar-refractivity contribution in [2.45, 2.75) is 25.4 Å². The number of carbonyl (C=O) groups is 1. The molecular formula is C15H17NO4. The summed E-state index contributed by atoms with van der Waals surface area (Å²) in [5.41, 5.74) is 0.837. The molecule has 0 unspecified atom stereocenters. The van der Waals surface area contributed by atoms with E-state index in [9.17, 15) is 9.90 Å². The van der Waals surface area contributed by atoms with Crippen LogP contribution in [0.1, 0.15) is 29.0 Å². The number of hydrogen-bond acceptors (Lipinski definition) is 4. The van der Waals surface area contributed by atoms with Gasteiger partial charge in [0.05, 0.1) is 13.2 Å². The van der Waals surface area contributed by atoms with E-state index in [4.69, 9.17) is 9.52 Å². The molecule has 1 fully saturated rings. The van der Waals surface area contributed by atoms with Crippen molar-refractivity contribution in [1.29, 1.82) is 0 Å². The third-order valence-electron chi connectivity index (χ3n) is 3.68. The lowest BCUT2D eigenvalue weighted by molar-refractivity contribution is 0.0694. The lowest BCUT2D eigenvalue weighted by Gasteiger charge is -2.19. The quantitative estimate of drug-likeness (QED) is 0.844. The van der Waals surface area contributed by atoms with Gasteiger partial charge in [0.15, 0.2) is 0 Å². The molecule has 5 heteroatoms. The zero-order valence-corrected chi connectivity index (χ0v) is 11.1. The molecule has 1 aliphatic rings. The fraction of sp³-hybridized carbons (Fsp3) is 0.400. The average molecular weight is 275 g/mol. The number of aliphatic hydroxyl groups is 1. The average Bonchev–Trinajstić information content (AvgIpc) is 3.19. The Morgan fingerprint density at radius 1 is 1.35 bits per heavy atom. The smallest absolute Gasteiger partial charge is 0.339 e. The molecule has 0 spiro atoms. The summed E-state index contributed by atoms with van der Waals surface area (Å²) in [7, 11) is 0. The minimum Gasteiger partial charge on any atom is -0.478 e. The van der Waals surface area contributed by atoms with E-state index in [0.717, 1.165) is 12.8 Å². The number of aliphatic hydroxyl groups excluding tert-OH is 1. The summed E-state index contributed by atoms with van der Waals surface area (Å²) in [4.78, 5) is 13.6. The number of rotatable bonds is 6. The van der Waals surface area contributed by atoms with Crippen molar-refractivity contribution in [3.63, 3.8) is 0 Å². The summed E-state index contributed by atoms with van der Waals surface area (Å²) in [6, 6.07) is 7.61. The Hall–Kier alpha value is -1.85. The summed E-state index contributed by atoms with van der Waals surface area (Å²) in [6.07, 6.45) is 2.20. The molecule has 2 aromatic rings. The Balaban J connectivity index is 1.97. The Morgan fingerprint density at radius 2 is 2.10 bits per heavy atom. The van der Waals surface area contributed by atoms with Crippen LogP contribution in [0.3, 0.4) is 0 Å². The zero-order chi connectivity index (χ0) is 14.1. The van der Waals surface area contributed by atoms with Crippen molar-refractivity contribution >= 4 is 16.9 Å². The van der Waals surface area contributed by atoms with Crippen LogP contribution in [0.5, 0.6) is 0 Å². The lowest BCUT2D eigenvalue weighted by atomic mass is 10.1. The number of hydrogen-bond donors (Lipinski definition) is 2. The number of furan rings is 1. The fourth-order valence-electron chi connectivity index (χ4n) is 2.59. The highest BCUT2D eigenvalue weighted by molar-refractivity contribution is 6.03. The molecule has 5 nitrogen and oxygen atoms in total. The maximum absolute atomic E-state index is 11.5. The minimum absolute atomic E-state index is 0.0686. The summed E-state index contributed by atoms with van der Waals surface area (Å²) < 4.78 is 5.71. The summed E-state index contributed by atoms with van der Waals surface area (Å²) in [6.45, 7) is 1.04. The van der Waals surface area contributed by atoms with E-state index in [0.29, 0.717) is 35.9 Å². The number of fused-ring (bicyclic) bond motifs is 1. The second-order valence-electron chi connectivity index (χ2n) is 5.13. The maximum Gasteiger partial charge on any atom is 0.339 e. The largest absolute Gasteiger partial charge is 0.478 e. The van der Waals surface area contributed by atoms with E-state index in [2.05, 4.69) is 4.90 Å². The van der Waals surface area contributed by atoms with Gasteiger partial charge >= 0.3 is 5.97 Å². The number of carboxylic acids is 1. The molecule has 1 heterocycles. The van der Waals surface area contributed by atoms with Crippen LogP contribution in [-0.4, -0.2) is 40.3 Å². The first-order chi connectivity index (χ1) is 9.70. The SMILES string of the molecule is O=C(O)c1c(CN(CCO)C2CC2)oc2ccccc12. The summed E-state index contributed by atoms with van der Waals surface area (Å²) >= 11 is 0. The Labute approximate surface area is 116 Å². The number of benzene rings is 1. The first kappa shape index (κ1) is 13.1. The highest BCUT2D eigenvalue weighted by atomic mass is 16.4. The van der Waals surface area contributed by atoms with E-state index in [-0.39, 0.29) is 12.2 Å². The van der Waals surface area contributed by atoms with Crippen molar-refractivity contribution < 1.29 is 19.4 Å². The molecule has 0 saturated heterocycles. The van der Waals surface area contributed by atoms with E-state index in [1.807, 2.05) is 6.07 Å². The predicted molar refractivity (Wildman–Crippen MR) is 73.7 cm³/mol. The number of carboxylic acid groups (broad SMARTS) is 1. The van der Waals surface area contributed by atoms with Gasteiger partial charge in [-0.2, -0.15) is 0 Å². The lowest BCUT2D eigenvalue weighted by Crippen LogP contribution is -2.29. The third kappa shape index (κ3) is 2.42. The van der Waals surface area contributed by atoms with E-state index < -0.39 is 5.97 Å². The maximum atomic E-state index is 11.5. The predicted octanol–water partition coefficient (Wildman–Crippen LogP) is 2.09. The molecule has 3 rings (SSSR count). The van der Waals surface area contributed by atoms with Crippen LogP contribution in [0.15, 0.2) is 28.7 Å². The highest BCUT2D eigenvalue weighted by Gasteiger charge is 2.31. The molecule has 2 N–H and O–H groups in total. The van der Waals surface area contributed by atoms with Gasteiger partial charge in [-0.3, -0.25) is 4.90 Å². The zero-order valence-electron chi connectivity index (χ0n) is 11.1. The Morgan fingerprint density at radius 3 is 2.75 bits per heavy atom.